The van der Waals surface area contributed by atoms with Gasteiger partial charge in [0.15, 0.2) is 0 Å². The molecule has 1 fully saturated rings. The summed E-state index contributed by atoms with van der Waals surface area (Å²) in [5.74, 6) is -0.757. The number of hydrogen-bond acceptors (Lipinski definition) is 3. The number of hydrogen-bond donors (Lipinski definition) is 2. The monoisotopic (exact) mass is 256 g/mol. The van der Waals surface area contributed by atoms with Crippen molar-refractivity contribution in [1.82, 2.24) is 10.2 Å². The smallest absolute Gasteiger partial charge is 0.310 e. The molecule has 2 unspecified atom stereocenters. The molecular formula is C13H24N2O3. The van der Waals surface area contributed by atoms with Gasteiger partial charge in [-0.1, -0.05) is 6.92 Å². The first kappa shape index (κ1) is 15.0. The van der Waals surface area contributed by atoms with Gasteiger partial charge in [0.1, 0.15) is 0 Å². The number of likely N-dealkylation sites (N-methyl/N-ethyl adjacent to an activating group) is 1. The first-order valence-electron chi connectivity index (χ1n) is 6.72. The lowest BCUT2D eigenvalue weighted by Gasteiger charge is -2.41. The van der Waals surface area contributed by atoms with E-state index in [1.165, 1.54) is 0 Å². The molecule has 0 bridgehead atoms. The van der Waals surface area contributed by atoms with Crippen LogP contribution in [-0.2, 0) is 9.59 Å². The molecule has 1 aliphatic rings. The van der Waals surface area contributed by atoms with Crippen LogP contribution in [0.3, 0.4) is 0 Å². The Morgan fingerprint density at radius 1 is 1.44 bits per heavy atom. The second-order valence-corrected chi connectivity index (χ2v) is 5.08. The first-order valence-corrected chi connectivity index (χ1v) is 6.72. The molecule has 0 aromatic heterocycles. The summed E-state index contributed by atoms with van der Waals surface area (Å²) in [6.07, 6.45) is 2.16. The highest BCUT2D eigenvalue weighted by molar-refractivity contribution is 5.81. The number of rotatable bonds is 5. The Hall–Kier alpha value is -1.10. The molecule has 1 heterocycles. The summed E-state index contributed by atoms with van der Waals surface area (Å²) in [7, 11) is 0. The predicted molar refractivity (Wildman–Crippen MR) is 69.3 cm³/mol. The van der Waals surface area contributed by atoms with Gasteiger partial charge in [-0.2, -0.15) is 0 Å². The number of carbonyl (C=O) groups is 2. The number of carboxylic acids is 1. The highest BCUT2D eigenvalue weighted by Crippen LogP contribution is 2.34. The molecule has 1 amide bonds. The fraction of sp³-hybridized carbons (Fsp3) is 0.846. The number of carboxylic acid groups (broad SMARTS) is 1. The van der Waals surface area contributed by atoms with Crippen LogP contribution in [0.5, 0.6) is 0 Å². The zero-order valence-corrected chi connectivity index (χ0v) is 11.5. The Morgan fingerprint density at radius 3 is 2.61 bits per heavy atom. The normalized spacial score (nSPS) is 26.6. The van der Waals surface area contributed by atoms with Crippen molar-refractivity contribution in [3.8, 4) is 0 Å². The predicted octanol–water partition coefficient (Wildman–Crippen LogP) is 1.09. The maximum Gasteiger partial charge on any atom is 0.310 e. The van der Waals surface area contributed by atoms with Gasteiger partial charge in [-0.15, -0.1) is 0 Å². The highest BCUT2D eigenvalue weighted by atomic mass is 16.4. The van der Waals surface area contributed by atoms with E-state index in [9.17, 15) is 14.7 Å². The van der Waals surface area contributed by atoms with Crippen molar-refractivity contribution < 1.29 is 14.7 Å². The van der Waals surface area contributed by atoms with Gasteiger partial charge in [-0.05, 0) is 39.7 Å². The summed E-state index contributed by atoms with van der Waals surface area (Å²) in [6, 6.07) is -0.254. The van der Waals surface area contributed by atoms with E-state index in [1.54, 1.807) is 0 Å². The van der Waals surface area contributed by atoms with Crippen molar-refractivity contribution in [1.29, 1.82) is 0 Å². The van der Waals surface area contributed by atoms with Gasteiger partial charge in [0.05, 0.1) is 11.5 Å². The maximum atomic E-state index is 11.8. The van der Waals surface area contributed by atoms with E-state index >= 15 is 0 Å². The van der Waals surface area contributed by atoms with Crippen LogP contribution < -0.4 is 5.32 Å². The Kier molecular flexibility index (Phi) is 5.14. The third kappa shape index (κ3) is 3.02. The van der Waals surface area contributed by atoms with Crippen LogP contribution in [-0.4, -0.2) is 47.6 Å². The molecule has 0 aliphatic carbocycles. The third-order valence-corrected chi connectivity index (χ3v) is 4.02. The third-order valence-electron chi connectivity index (χ3n) is 4.02. The fourth-order valence-electron chi connectivity index (χ4n) is 2.60. The Bertz CT molecular complexity index is 319. The van der Waals surface area contributed by atoms with Crippen molar-refractivity contribution in [2.45, 2.75) is 46.1 Å². The number of aliphatic carboxylic acids is 1. The first-order chi connectivity index (χ1) is 8.46. The van der Waals surface area contributed by atoms with E-state index in [1.807, 2.05) is 25.7 Å². The summed E-state index contributed by atoms with van der Waals surface area (Å²) in [6.45, 7) is 7.51. The molecule has 5 heteroatoms. The number of carbonyl (C=O) groups excluding carboxylic acids is 1. The Balaban J connectivity index is 2.74. The number of piperidine rings is 1. The maximum absolute atomic E-state index is 11.8. The molecular weight excluding hydrogens is 232 g/mol. The molecule has 2 atom stereocenters. The number of likely N-dealkylation sites (tertiary alicyclic amines) is 1. The average Bonchev–Trinajstić information content (AvgIpc) is 2.37. The van der Waals surface area contributed by atoms with Crippen molar-refractivity contribution in [2.75, 3.05) is 19.6 Å². The molecule has 0 radical (unpaired) electrons. The summed E-state index contributed by atoms with van der Waals surface area (Å²) < 4.78 is 0. The van der Waals surface area contributed by atoms with Crippen molar-refractivity contribution >= 4 is 11.9 Å². The van der Waals surface area contributed by atoms with Gasteiger partial charge in [0.25, 0.3) is 0 Å². The fourth-order valence-corrected chi connectivity index (χ4v) is 2.60. The number of nitrogens with zero attached hydrogens (tertiary/aromatic N) is 1. The van der Waals surface area contributed by atoms with E-state index in [0.717, 1.165) is 13.0 Å². The number of nitrogens with one attached hydrogen (secondary N) is 1. The van der Waals surface area contributed by atoms with Gasteiger partial charge >= 0.3 is 5.97 Å². The largest absolute Gasteiger partial charge is 0.481 e. The van der Waals surface area contributed by atoms with Crippen molar-refractivity contribution in [2.24, 2.45) is 5.41 Å². The van der Waals surface area contributed by atoms with Crippen LogP contribution in [0, 0.1) is 5.41 Å². The molecule has 1 saturated heterocycles. The van der Waals surface area contributed by atoms with Gasteiger partial charge in [0.2, 0.25) is 5.91 Å². The van der Waals surface area contributed by atoms with E-state index < -0.39 is 11.4 Å². The van der Waals surface area contributed by atoms with Crippen LogP contribution in [0.15, 0.2) is 0 Å². The molecule has 0 spiro atoms. The molecule has 0 aromatic carbocycles. The molecule has 2 N–H and O–H groups in total. The van der Waals surface area contributed by atoms with E-state index in [4.69, 9.17) is 0 Å². The standard InChI is InChI=1S/C13H24N2O3/c1-4-13(12(17)18)7-6-8-15(9-13)10(3)11(16)14-5-2/h10H,4-9H2,1-3H3,(H,14,16)(H,17,18). The second kappa shape index (κ2) is 6.18. The zero-order valence-electron chi connectivity index (χ0n) is 11.5. The van der Waals surface area contributed by atoms with E-state index in [-0.39, 0.29) is 11.9 Å². The van der Waals surface area contributed by atoms with Gasteiger partial charge in [-0.3, -0.25) is 14.5 Å². The molecule has 0 saturated carbocycles. The summed E-state index contributed by atoms with van der Waals surface area (Å²) in [5, 5.41) is 12.2. The minimum Gasteiger partial charge on any atom is -0.481 e. The number of amides is 1. The van der Waals surface area contributed by atoms with Crippen molar-refractivity contribution in [3.63, 3.8) is 0 Å². The average molecular weight is 256 g/mol. The molecule has 0 aromatic rings. The lowest BCUT2D eigenvalue weighted by molar-refractivity contribution is -0.154. The van der Waals surface area contributed by atoms with E-state index in [0.29, 0.717) is 25.9 Å². The molecule has 5 nitrogen and oxygen atoms in total. The zero-order chi connectivity index (χ0) is 13.8. The van der Waals surface area contributed by atoms with Crippen LogP contribution in [0.4, 0.5) is 0 Å². The molecule has 1 rings (SSSR count). The Labute approximate surface area is 109 Å². The van der Waals surface area contributed by atoms with Gasteiger partial charge in [-0.25, -0.2) is 0 Å². The minimum absolute atomic E-state index is 0.0187. The molecule has 18 heavy (non-hydrogen) atoms. The second-order valence-electron chi connectivity index (χ2n) is 5.08. The topological polar surface area (TPSA) is 69.6 Å². The molecule has 1 aliphatic heterocycles. The minimum atomic E-state index is -0.738. The SMILES string of the molecule is CCNC(=O)C(C)N1CCCC(CC)(C(=O)O)C1. The van der Waals surface area contributed by atoms with Crippen molar-refractivity contribution in [3.05, 3.63) is 0 Å². The van der Waals surface area contributed by atoms with Crippen LogP contribution in [0.1, 0.15) is 40.0 Å². The quantitative estimate of drug-likeness (QED) is 0.772. The van der Waals surface area contributed by atoms with Gasteiger partial charge < -0.3 is 10.4 Å². The van der Waals surface area contributed by atoms with Crippen LogP contribution >= 0.6 is 0 Å². The van der Waals surface area contributed by atoms with E-state index in [2.05, 4.69) is 5.32 Å². The summed E-state index contributed by atoms with van der Waals surface area (Å²) in [4.78, 5) is 25.2. The summed E-state index contributed by atoms with van der Waals surface area (Å²) in [5.41, 5.74) is -0.682. The molecule has 104 valence electrons. The highest BCUT2D eigenvalue weighted by Gasteiger charge is 2.42. The Morgan fingerprint density at radius 2 is 2.11 bits per heavy atom. The van der Waals surface area contributed by atoms with Crippen LogP contribution in [0.2, 0.25) is 0 Å². The van der Waals surface area contributed by atoms with Crippen LogP contribution in [0.25, 0.3) is 0 Å². The summed E-state index contributed by atoms with van der Waals surface area (Å²) >= 11 is 0. The lowest BCUT2D eigenvalue weighted by atomic mass is 9.77. The lowest BCUT2D eigenvalue weighted by Crippen LogP contribution is -2.54. The van der Waals surface area contributed by atoms with Gasteiger partial charge in [0, 0.05) is 13.1 Å².